The predicted octanol–water partition coefficient (Wildman–Crippen LogP) is 0.563. The highest BCUT2D eigenvalue weighted by atomic mass is 16.2. The van der Waals surface area contributed by atoms with Gasteiger partial charge in [-0.2, -0.15) is 10.6 Å². The van der Waals surface area contributed by atoms with E-state index >= 15 is 0 Å². The summed E-state index contributed by atoms with van der Waals surface area (Å²) >= 11 is 0. The molecule has 2 aliphatic rings. The summed E-state index contributed by atoms with van der Waals surface area (Å²) in [5.41, 5.74) is 11.0. The number of amides is 1. The molecule has 2 heterocycles. The Morgan fingerprint density at radius 2 is 2.00 bits per heavy atom. The van der Waals surface area contributed by atoms with Crippen molar-refractivity contribution in [2.24, 2.45) is 0 Å². The zero-order chi connectivity index (χ0) is 16.4. The maximum absolute atomic E-state index is 12.4. The van der Waals surface area contributed by atoms with E-state index < -0.39 is 0 Å². The van der Waals surface area contributed by atoms with E-state index in [0.29, 0.717) is 24.3 Å². The number of carbonyl (C=O) groups is 1. The molecule has 0 spiro atoms. The molecule has 1 aromatic carbocycles. The molecule has 1 aliphatic heterocycles. The molecule has 3 unspecified atom stereocenters. The number of nitrogens with one attached hydrogen (secondary N) is 4. The van der Waals surface area contributed by atoms with Crippen LogP contribution < -0.4 is 21.7 Å². The van der Waals surface area contributed by atoms with Gasteiger partial charge in [-0.3, -0.25) is 9.48 Å². The van der Waals surface area contributed by atoms with Gasteiger partial charge in [0.1, 0.15) is 5.69 Å². The highest BCUT2D eigenvalue weighted by Crippen LogP contribution is 2.21. The molecular weight excluding hydrogens is 304 g/mol. The van der Waals surface area contributed by atoms with Gasteiger partial charge < -0.3 is 5.32 Å². The average molecular weight is 326 g/mol. The van der Waals surface area contributed by atoms with Crippen LogP contribution >= 0.6 is 0 Å². The van der Waals surface area contributed by atoms with Crippen LogP contribution in [-0.4, -0.2) is 33.8 Å². The maximum atomic E-state index is 12.4. The Bertz CT molecular complexity index is 700. The Hall–Kier alpha value is -2.22. The summed E-state index contributed by atoms with van der Waals surface area (Å²) in [6.45, 7) is 0.669. The smallest absolute Gasteiger partial charge is 0.271 e. The first-order valence-electron chi connectivity index (χ1n) is 8.42. The minimum absolute atomic E-state index is 0.0934. The molecule has 1 aromatic heterocycles. The number of fused-ring (bicyclic) bond motifs is 1. The second-order valence-electron chi connectivity index (χ2n) is 6.49. The fourth-order valence-electron chi connectivity index (χ4n) is 3.46. The summed E-state index contributed by atoms with van der Waals surface area (Å²) < 4.78 is 1.80. The van der Waals surface area contributed by atoms with Crippen LogP contribution in [0.25, 0.3) is 0 Å². The first kappa shape index (κ1) is 15.3. The van der Waals surface area contributed by atoms with Gasteiger partial charge in [0.05, 0.1) is 6.54 Å². The number of hydrogen-bond acceptors (Lipinski definition) is 5. The van der Waals surface area contributed by atoms with E-state index in [2.05, 4.69) is 38.9 Å². The first-order chi connectivity index (χ1) is 11.8. The Morgan fingerprint density at radius 3 is 2.88 bits per heavy atom. The van der Waals surface area contributed by atoms with Crippen molar-refractivity contribution in [1.82, 2.24) is 31.5 Å². The third-order valence-electron chi connectivity index (χ3n) is 4.76. The Balaban J connectivity index is 1.35. The summed E-state index contributed by atoms with van der Waals surface area (Å²) in [7, 11) is 0. The lowest BCUT2D eigenvalue weighted by Crippen LogP contribution is -2.47. The molecule has 1 saturated heterocycles. The van der Waals surface area contributed by atoms with Crippen molar-refractivity contribution in [3.63, 3.8) is 0 Å². The second-order valence-corrected chi connectivity index (χ2v) is 6.49. The van der Waals surface area contributed by atoms with Gasteiger partial charge in [-0.05, 0) is 30.9 Å². The lowest BCUT2D eigenvalue weighted by molar-refractivity contribution is 0.0916. The number of hydrogen-bond donors (Lipinski definition) is 4. The zero-order valence-electron chi connectivity index (χ0n) is 13.4. The predicted molar refractivity (Wildman–Crippen MR) is 89.9 cm³/mol. The van der Waals surface area contributed by atoms with Gasteiger partial charge in [-0.1, -0.05) is 30.3 Å². The third kappa shape index (κ3) is 3.33. The lowest BCUT2D eigenvalue weighted by atomic mass is 9.88. The fraction of sp³-hybridized carbons (Fsp3) is 0.412. The van der Waals surface area contributed by atoms with Gasteiger partial charge in [-0.15, -0.1) is 0 Å². The van der Waals surface area contributed by atoms with E-state index in [0.717, 1.165) is 24.8 Å². The van der Waals surface area contributed by atoms with Gasteiger partial charge in [-0.25, -0.2) is 10.9 Å². The van der Waals surface area contributed by atoms with E-state index in [1.165, 1.54) is 0 Å². The molecule has 2 aromatic rings. The normalized spacial score (nSPS) is 26.1. The minimum Gasteiger partial charge on any atom is -0.348 e. The summed E-state index contributed by atoms with van der Waals surface area (Å²) in [5.74, 6) is -0.0934. The fourth-order valence-corrected chi connectivity index (χ4v) is 3.46. The van der Waals surface area contributed by atoms with Crippen molar-refractivity contribution in [2.75, 3.05) is 0 Å². The molecule has 1 amide bonds. The summed E-state index contributed by atoms with van der Waals surface area (Å²) in [6.07, 6.45) is 4.79. The van der Waals surface area contributed by atoms with Crippen molar-refractivity contribution in [2.45, 2.75) is 43.9 Å². The van der Waals surface area contributed by atoms with E-state index in [-0.39, 0.29) is 11.9 Å². The highest BCUT2D eigenvalue weighted by Gasteiger charge is 2.34. The van der Waals surface area contributed by atoms with E-state index in [9.17, 15) is 4.79 Å². The Labute approximate surface area is 140 Å². The van der Waals surface area contributed by atoms with Gasteiger partial charge in [0.2, 0.25) is 0 Å². The molecule has 1 saturated carbocycles. The number of benzene rings is 1. The molecule has 7 nitrogen and oxygen atoms in total. The molecule has 4 rings (SSSR count). The van der Waals surface area contributed by atoms with E-state index in [1.807, 2.05) is 24.4 Å². The average Bonchev–Trinajstić information content (AvgIpc) is 3.24. The molecule has 24 heavy (non-hydrogen) atoms. The van der Waals surface area contributed by atoms with Crippen molar-refractivity contribution in [1.29, 1.82) is 0 Å². The second kappa shape index (κ2) is 6.72. The molecule has 3 atom stereocenters. The van der Waals surface area contributed by atoms with Crippen molar-refractivity contribution in [3.8, 4) is 0 Å². The Kier molecular flexibility index (Phi) is 4.29. The third-order valence-corrected chi connectivity index (χ3v) is 4.76. The SMILES string of the molecule is O=C(NC1CCC2NNNC2C1)c1ccn(Cc2ccccc2)n1. The van der Waals surface area contributed by atoms with Gasteiger partial charge in [0.15, 0.2) is 0 Å². The topological polar surface area (TPSA) is 83.0 Å². The van der Waals surface area contributed by atoms with Crippen molar-refractivity contribution < 1.29 is 4.79 Å². The molecule has 7 heteroatoms. The van der Waals surface area contributed by atoms with Crippen LogP contribution in [0.5, 0.6) is 0 Å². The van der Waals surface area contributed by atoms with E-state index in [1.54, 1.807) is 10.7 Å². The Morgan fingerprint density at radius 1 is 1.17 bits per heavy atom. The zero-order valence-corrected chi connectivity index (χ0v) is 13.4. The number of rotatable bonds is 4. The molecular formula is C17H22N6O. The summed E-state index contributed by atoms with van der Waals surface area (Å²) in [5, 5.41) is 7.52. The van der Waals surface area contributed by atoms with Crippen LogP contribution in [0.15, 0.2) is 42.6 Å². The first-order valence-corrected chi connectivity index (χ1v) is 8.42. The molecule has 2 fully saturated rings. The standard InChI is InChI=1S/C17H22N6O/c24-17(18-13-6-7-14-16(10-13)20-22-19-14)15-8-9-23(21-15)11-12-4-2-1-3-5-12/h1-5,8-9,13-14,16,19-20,22H,6-7,10-11H2,(H,18,24). The summed E-state index contributed by atoms with van der Waals surface area (Å²) in [6, 6.07) is 12.9. The van der Waals surface area contributed by atoms with Crippen LogP contribution in [0.4, 0.5) is 0 Å². The van der Waals surface area contributed by atoms with Crippen LogP contribution in [-0.2, 0) is 6.54 Å². The van der Waals surface area contributed by atoms with Gasteiger partial charge in [0.25, 0.3) is 5.91 Å². The molecule has 0 bridgehead atoms. The molecule has 126 valence electrons. The number of aromatic nitrogens is 2. The van der Waals surface area contributed by atoms with Crippen LogP contribution in [0.1, 0.15) is 35.3 Å². The monoisotopic (exact) mass is 326 g/mol. The number of nitrogens with zero attached hydrogens (tertiary/aromatic N) is 2. The molecule has 0 radical (unpaired) electrons. The number of carbonyl (C=O) groups excluding carboxylic acids is 1. The quantitative estimate of drug-likeness (QED) is 0.660. The summed E-state index contributed by atoms with van der Waals surface area (Å²) in [4.78, 5) is 12.4. The maximum Gasteiger partial charge on any atom is 0.271 e. The van der Waals surface area contributed by atoms with Gasteiger partial charge >= 0.3 is 0 Å². The van der Waals surface area contributed by atoms with Gasteiger partial charge in [0, 0.05) is 24.3 Å². The van der Waals surface area contributed by atoms with Crippen LogP contribution in [0.3, 0.4) is 0 Å². The largest absolute Gasteiger partial charge is 0.348 e. The van der Waals surface area contributed by atoms with Crippen molar-refractivity contribution in [3.05, 3.63) is 53.9 Å². The molecule has 4 N–H and O–H groups in total. The van der Waals surface area contributed by atoms with Crippen LogP contribution in [0.2, 0.25) is 0 Å². The lowest BCUT2D eigenvalue weighted by Gasteiger charge is -2.30. The van der Waals surface area contributed by atoms with Crippen molar-refractivity contribution >= 4 is 5.91 Å². The minimum atomic E-state index is -0.0934. The highest BCUT2D eigenvalue weighted by molar-refractivity contribution is 5.92. The van der Waals surface area contributed by atoms with E-state index in [4.69, 9.17) is 0 Å². The molecule has 1 aliphatic carbocycles. The van der Waals surface area contributed by atoms with Crippen LogP contribution in [0, 0.1) is 0 Å². The number of hydrazine groups is 2.